The largest absolute Gasteiger partial charge is 0.345 e. The maximum absolute atomic E-state index is 12.5. The minimum atomic E-state index is -0.00706. The maximum Gasteiger partial charge on any atom is 0.252 e. The highest BCUT2D eigenvalue weighted by Crippen LogP contribution is 2.22. The van der Waals surface area contributed by atoms with Crippen molar-refractivity contribution in [3.63, 3.8) is 0 Å². The Bertz CT molecular complexity index is 607. The third-order valence-electron chi connectivity index (χ3n) is 3.54. The lowest BCUT2D eigenvalue weighted by Gasteiger charge is -2.18. The standard InChI is InChI=1S/C18H21NOS/c1-4-16(14-11-9-13(2)10-12-14)19-18(20)15-7-5-6-8-17(15)21-3/h5-12,16H,4H2,1-3H3,(H,19,20)/t16-/m1/s1. The highest BCUT2D eigenvalue weighted by Gasteiger charge is 2.16. The third-order valence-corrected chi connectivity index (χ3v) is 4.34. The highest BCUT2D eigenvalue weighted by molar-refractivity contribution is 7.98. The summed E-state index contributed by atoms with van der Waals surface area (Å²) in [4.78, 5) is 13.5. The van der Waals surface area contributed by atoms with Gasteiger partial charge in [0, 0.05) is 4.90 Å². The van der Waals surface area contributed by atoms with Gasteiger partial charge in [-0.05, 0) is 37.3 Å². The van der Waals surface area contributed by atoms with Crippen molar-refractivity contribution in [3.05, 3.63) is 65.2 Å². The Labute approximate surface area is 131 Å². The molecule has 110 valence electrons. The van der Waals surface area contributed by atoms with Crippen LogP contribution >= 0.6 is 11.8 Å². The molecule has 0 aromatic heterocycles. The molecule has 3 heteroatoms. The number of carbonyl (C=O) groups is 1. The molecule has 2 aromatic carbocycles. The molecule has 0 heterocycles. The van der Waals surface area contributed by atoms with Gasteiger partial charge in [0.2, 0.25) is 0 Å². The molecule has 2 nitrogen and oxygen atoms in total. The zero-order valence-corrected chi connectivity index (χ0v) is 13.5. The Balaban J connectivity index is 2.18. The van der Waals surface area contributed by atoms with Crippen molar-refractivity contribution in [3.8, 4) is 0 Å². The van der Waals surface area contributed by atoms with Crippen LogP contribution in [0.15, 0.2) is 53.4 Å². The van der Waals surface area contributed by atoms with E-state index in [0.717, 1.165) is 22.4 Å². The summed E-state index contributed by atoms with van der Waals surface area (Å²) in [5.74, 6) is -0.00706. The topological polar surface area (TPSA) is 29.1 Å². The summed E-state index contributed by atoms with van der Waals surface area (Å²) in [6.45, 7) is 4.16. The molecule has 0 aliphatic carbocycles. The Kier molecular flexibility index (Phi) is 5.45. The summed E-state index contributed by atoms with van der Waals surface area (Å²) in [6.07, 6.45) is 2.86. The van der Waals surface area contributed by atoms with Crippen molar-refractivity contribution in [2.75, 3.05) is 6.26 Å². The molecule has 0 unspecified atom stereocenters. The molecule has 0 aliphatic heterocycles. The Morgan fingerprint density at radius 1 is 1.14 bits per heavy atom. The first-order chi connectivity index (χ1) is 10.2. The second-order valence-corrected chi connectivity index (χ2v) is 5.89. The molecule has 1 atom stereocenters. The fourth-order valence-corrected chi connectivity index (χ4v) is 2.88. The van der Waals surface area contributed by atoms with Gasteiger partial charge in [-0.15, -0.1) is 11.8 Å². The van der Waals surface area contributed by atoms with Gasteiger partial charge in [-0.3, -0.25) is 4.79 Å². The van der Waals surface area contributed by atoms with Gasteiger partial charge < -0.3 is 5.32 Å². The molecule has 2 rings (SSSR count). The van der Waals surface area contributed by atoms with Crippen LogP contribution in [0.2, 0.25) is 0 Å². The fourth-order valence-electron chi connectivity index (χ4n) is 2.29. The highest BCUT2D eigenvalue weighted by atomic mass is 32.2. The molecule has 1 amide bonds. The average molecular weight is 299 g/mol. The number of carbonyl (C=O) groups excluding carboxylic acids is 1. The Morgan fingerprint density at radius 3 is 2.43 bits per heavy atom. The Hall–Kier alpha value is -1.74. The number of amides is 1. The summed E-state index contributed by atoms with van der Waals surface area (Å²) < 4.78 is 0. The number of hydrogen-bond acceptors (Lipinski definition) is 2. The summed E-state index contributed by atoms with van der Waals surface area (Å²) >= 11 is 1.60. The first-order valence-electron chi connectivity index (χ1n) is 7.16. The molecule has 2 aromatic rings. The van der Waals surface area contributed by atoms with Crippen molar-refractivity contribution in [2.24, 2.45) is 0 Å². The number of nitrogens with one attached hydrogen (secondary N) is 1. The van der Waals surface area contributed by atoms with Gasteiger partial charge in [-0.25, -0.2) is 0 Å². The average Bonchev–Trinajstić information content (AvgIpc) is 2.53. The lowest BCUT2D eigenvalue weighted by molar-refractivity contribution is 0.0932. The first-order valence-corrected chi connectivity index (χ1v) is 8.38. The minimum absolute atomic E-state index is 0.00706. The van der Waals surface area contributed by atoms with Crippen LogP contribution < -0.4 is 5.32 Å². The van der Waals surface area contributed by atoms with E-state index in [1.54, 1.807) is 11.8 Å². The van der Waals surface area contributed by atoms with Crippen LogP contribution in [0.5, 0.6) is 0 Å². The first kappa shape index (κ1) is 15.6. The van der Waals surface area contributed by atoms with Crippen molar-refractivity contribution in [1.29, 1.82) is 0 Å². The molecular weight excluding hydrogens is 278 g/mol. The normalized spacial score (nSPS) is 12.0. The van der Waals surface area contributed by atoms with Crippen LogP contribution in [0.25, 0.3) is 0 Å². The van der Waals surface area contributed by atoms with E-state index in [0.29, 0.717) is 0 Å². The van der Waals surface area contributed by atoms with Gasteiger partial charge in [0.1, 0.15) is 0 Å². The third kappa shape index (κ3) is 3.88. The molecule has 0 aliphatic rings. The lowest BCUT2D eigenvalue weighted by Crippen LogP contribution is -2.28. The minimum Gasteiger partial charge on any atom is -0.345 e. The molecule has 0 radical (unpaired) electrons. The van der Waals surface area contributed by atoms with E-state index in [9.17, 15) is 4.79 Å². The smallest absolute Gasteiger partial charge is 0.252 e. The lowest BCUT2D eigenvalue weighted by atomic mass is 10.0. The van der Waals surface area contributed by atoms with Crippen LogP contribution in [0.1, 0.15) is 40.9 Å². The summed E-state index contributed by atoms with van der Waals surface area (Å²) in [5.41, 5.74) is 3.13. The molecule has 1 N–H and O–H groups in total. The van der Waals surface area contributed by atoms with Crippen LogP contribution in [0, 0.1) is 6.92 Å². The van der Waals surface area contributed by atoms with Gasteiger partial charge in [0.05, 0.1) is 11.6 Å². The molecule has 0 spiro atoms. The number of benzene rings is 2. The van der Waals surface area contributed by atoms with Gasteiger partial charge in [-0.1, -0.05) is 48.9 Å². The second kappa shape index (κ2) is 7.32. The summed E-state index contributed by atoms with van der Waals surface area (Å²) in [6, 6.07) is 16.1. The van der Waals surface area contributed by atoms with Gasteiger partial charge in [0.15, 0.2) is 0 Å². The molecule has 0 saturated heterocycles. The second-order valence-electron chi connectivity index (χ2n) is 5.05. The van der Waals surface area contributed by atoms with Gasteiger partial charge >= 0.3 is 0 Å². The number of hydrogen-bond donors (Lipinski definition) is 1. The van der Waals surface area contributed by atoms with Crippen molar-refractivity contribution in [2.45, 2.75) is 31.2 Å². The number of aryl methyl sites for hydroxylation is 1. The summed E-state index contributed by atoms with van der Waals surface area (Å²) in [5, 5.41) is 3.14. The van der Waals surface area contributed by atoms with E-state index >= 15 is 0 Å². The van der Waals surface area contributed by atoms with Crippen LogP contribution in [-0.4, -0.2) is 12.2 Å². The molecule has 21 heavy (non-hydrogen) atoms. The van der Waals surface area contributed by atoms with Crippen LogP contribution in [0.4, 0.5) is 0 Å². The predicted octanol–water partition coefficient (Wildman–Crippen LogP) is 4.60. The SMILES string of the molecule is CC[C@@H](NC(=O)c1ccccc1SC)c1ccc(C)cc1. The van der Waals surface area contributed by atoms with Crippen LogP contribution in [0.3, 0.4) is 0 Å². The predicted molar refractivity (Wildman–Crippen MR) is 89.9 cm³/mol. The number of rotatable bonds is 5. The van der Waals surface area contributed by atoms with E-state index in [1.807, 2.05) is 30.5 Å². The molecular formula is C18H21NOS. The van der Waals surface area contributed by atoms with Gasteiger partial charge in [0.25, 0.3) is 5.91 Å². The number of thioether (sulfide) groups is 1. The van der Waals surface area contributed by atoms with Gasteiger partial charge in [-0.2, -0.15) is 0 Å². The van der Waals surface area contributed by atoms with Crippen molar-refractivity contribution >= 4 is 17.7 Å². The van der Waals surface area contributed by atoms with E-state index in [4.69, 9.17) is 0 Å². The quantitative estimate of drug-likeness (QED) is 0.818. The molecule has 0 fully saturated rings. The van der Waals surface area contributed by atoms with Crippen molar-refractivity contribution < 1.29 is 4.79 Å². The maximum atomic E-state index is 12.5. The van der Waals surface area contributed by atoms with E-state index in [1.165, 1.54) is 5.56 Å². The van der Waals surface area contributed by atoms with E-state index in [-0.39, 0.29) is 11.9 Å². The Morgan fingerprint density at radius 2 is 1.81 bits per heavy atom. The van der Waals surface area contributed by atoms with Crippen molar-refractivity contribution in [1.82, 2.24) is 5.32 Å². The molecule has 0 bridgehead atoms. The molecule has 0 saturated carbocycles. The van der Waals surface area contributed by atoms with E-state index < -0.39 is 0 Å². The fraction of sp³-hybridized carbons (Fsp3) is 0.278. The van der Waals surface area contributed by atoms with Crippen LogP contribution in [-0.2, 0) is 0 Å². The summed E-state index contributed by atoms with van der Waals surface area (Å²) in [7, 11) is 0. The van der Waals surface area contributed by atoms with E-state index in [2.05, 4.69) is 43.4 Å². The zero-order chi connectivity index (χ0) is 15.2. The zero-order valence-electron chi connectivity index (χ0n) is 12.7. The monoisotopic (exact) mass is 299 g/mol.